The number of benzene rings is 1. The van der Waals surface area contributed by atoms with Gasteiger partial charge < -0.3 is 24.2 Å². The molecule has 0 amide bonds. The molecule has 0 aromatic heterocycles. The van der Waals surface area contributed by atoms with Crippen molar-refractivity contribution in [2.75, 3.05) is 20.4 Å². The van der Waals surface area contributed by atoms with Crippen LogP contribution in [-0.2, 0) is 19.0 Å². The Bertz CT molecular complexity index is 890. The highest BCUT2D eigenvalue weighted by Crippen LogP contribution is 2.43. The molecule has 1 heterocycles. The molecular weight excluding hydrogens is 384 g/mol. The van der Waals surface area contributed by atoms with E-state index in [0.29, 0.717) is 29.3 Å². The number of nitrogens with zero attached hydrogens (tertiary/aromatic N) is 2. The van der Waals surface area contributed by atoms with Gasteiger partial charge >= 0.3 is 12.1 Å². The number of nitro benzene ring substituents is 1. The lowest BCUT2D eigenvalue weighted by Crippen LogP contribution is -2.35. The first-order valence-electron chi connectivity index (χ1n) is 8.73. The molecule has 10 nitrogen and oxygen atoms in total. The van der Waals surface area contributed by atoms with Crippen LogP contribution in [0.1, 0.15) is 32.3 Å². The van der Waals surface area contributed by atoms with E-state index in [1.54, 1.807) is 24.8 Å². The average molecular weight is 406 g/mol. The molecule has 156 valence electrons. The number of carbonyl (C=O) groups is 2. The SMILES string of the molecule is CCOCN1C(C)=C(OC)[C@H](c2cccc([N+](=O)[O-])c2)C(C(=O)OC(=O)O)=C1C. The van der Waals surface area contributed by atoms with Crippen LogP contribution in [0, 0.1) is 10.1 Å². The Morgan fingerprint density at radius 2 is 1.97 bits per heavy atom. The third-order valence-corrected chi connectivity index (χ3v) is 4.57. The Morgan fingerprint density at radius 3 is 2.52 bits per heavy atom. The Kier molecular flexibility index (Phi) is 6.94. The minimum Gasteiger partial charge on any atom is -0.498 e. The van der Waals surface area contributed by atoms with Gasteiger partial charge in [-0.05, 0) is 26.3 Å². The van der Waals surface area contributed by atoms with E-state index in [4.69, 9.17) is 14.6 Å². The third kappa shape index (κ3) is 4.54. The van der Waals surface area contributed by atoms with Crippen molar-refractivity contribution < 1.29 is 33.8 Å². The summed E-state index contributed by atoms with van der Waals surface area (Å²) in [6.45, 7) is 5.71. The molecule has 0 spiro atoms. The highest BCUT2D eigenvalue weighted by Gasteiger charge is 2.39. The number of methoxy groups -OCH3 is 1. The zero-order valence-corrected chi connectivity index (χ0v) is 16.5. The fourth-order valence-electron chi connectivity index (χ4n) is 3.26. The monoisotopic (exact) mass is 406 g/mol. The Labute approximate surface area is 167 Å². The molecule has 0 radical (unpaired) electrons. The van der Waals surface area contributed by atoms with Gasteiger partial charge in [0.05, 0.1) is 29.2 Å². The second-order valence-electron chi connectivity index (χ2n) is 6.14. The number of non-ortho nitro benzene ring substituents is 1. The van der Waals surface area contributed by atoms with Crippen LogP contribution in [0.5, 0.6) is 0 Å². The van der Waals surface area contributed by atoms with Crippen molar-refractivity contribution in [3.05, 3.63) is 62.7 Å². The molecule has 1 aromatic rings. The predicted molar refractivity (Wildman–Crippen MR) is 101 cm³/mol. The fraction of sp³-hybridized carbons (Fsp3) is 0.368. The highest BCUT2D eigenvalue weighted by atomic mass is 16.7. The molecule has 0 aliphatic carbocycles. The summed E-state index contributed by atoms with van der Waals surface area (Å²) in [5.74, 6) is -1.65. The van der Waals surface area contributed by atoms with Crippen LogP contribution in [0.15, 0.2) is 47.0 Å². The maximum absolute atomic E-state index is 12.7. The minimum atomic E-state index is -1.75. The van der Waals surface area contributed by atoms with Gasteiger partial charge in [-0.15, -0.1) is 0 Å². The second kappa shape index (κ2) is 9.20. The van der Waals surface area contributed by atoms with E-state index >= 15 is 0 Å². The Balaban J connectivity index is 2.70. The number of rotatable bonds is 7. The van der Waals surface area contributed by atoms with Gasteiger partial charge in [-0.3, -0.25) is 10.1 Å². The van der Waals surface area contributed by atoms with Crippen LogP contribution in [0.25, 0.3) is 0 Å². The summed E-state index contributed by atoms with van der Waals surface area (Å²) >= 11 is 0. The first-order chi connectivity index (χ1) is 13.7. The van der Waals surface area contributed by atoms with Crippen molar-refractivity contribution >= 4 is 17.8 Å². The number of hydrogen-bond donors (Lipinski definition) is 1. The van der Waals surface area contributed by atoms with E-state index in [0.717, 1.165) is 0 Å². The summed E-state index contributed by atoms with van der Waals surface area (Å²) in [5, 5.41) is 20.1. The van der Waals surface area contributed by atoms with E-state index < -0.39 is 23.0 Å². The standard InChI is InChI=1S/C19H22N2O8/c1-5-28-10-20-11(2)15(18(22)29-19(23)24)16(17(27-4)12(20)3)13-7-6-8-14(9-13)21(25)26/h6-9,16H,5,10H2,1-4H3,(H,23,24)/t16-/m1/s1. The summed E-state index contributed by atoms with van der Waals surface area (Å²) < 4.78 is 15.4. The van der Waals surface area contributed by atoms with E-state index in [1.807, 2.05) is 6.92 Å². The molecule has 1 aliphatic heterocycles. The molecule has 0 saturated heterocycles. The third-order valence-electron chi connectivity index (χ3n) is 4.57. The van der Waals surface area contributed by atoms with E-state index in [9.17, 15) is 19.7 Å². The van der Waals surface area contributed by atoms with Crippen molar-refractivity contribution in [2.24, 2.45) is 0 Å². The van der Waals surface area contributed by atoms with Crippen LogP contribution in [0.4, 0.5) is 10.5 Å². The van der Waals surface area contributed by atoms with Gasteiger partial charge in [0.25, 0.3) is 5.69 Å². The normalized spacial score (nSPS) is 16.7. The maximum atomic E-state index is 12.7. The molecule has 1 aliphatic rings. The summed E-state index contributed by atoms with van der Waals surface area (Å²) in [7, 11) is 1.41. The molecule has 0 unspecified atom stereocenters. The van der Waals surface area contributed by atoms with Gasteiger partial charge in [-0.25, -0.2) is 9.59 Å². The average Bonchev–Trinajstić information content (AvgIpc) is 2.66. The predicted octanol–water partition coefficient (Wildman–Crippen LogP) is 3.36. The van der Waals surface area contributed by atoms with Crippen LogP contribution in [0.3, 0.4) is 0 Å². The van der Waals surface area contributed by atoms with Gasteiger partial charge in [0.1, 0.15) is 12.5 Å². The van der Waals surface area contributed by atoms with Gasteiger partial charge in [0.2, 0.25) is 0 Å². The number of nitro groups is 1. The second-order valence-corrected chi connectivity index (χ2v) is 6.14. The number of carboxylic acid groups (broad SMARTS) is 1. The number of ether oxygens (including phenoxy) is 3. The van der Waals surface area contributed by atoms with Crippen LogP contribution in [0.2, 0.25) is 0 Å². The number of carbonyl (C=O) groups excluding carboxylic acids is 1. The fourth-order valence-corrected chi connectivity index (χ4v) is 3.26. The molecule has 1 atom stereocenters. The first-order valence-corrected chi connectivity index (χ1v) is 8.73. The topological polar surface area (TPSA) is 128 Å². The Hall–Kier alpha value is -3.40. The summed E-state index contributed by atoms with van der Waals surface area (Å²) in [6.07, 6.45) is -1.75. The molecular formula is C19H22N2O8. The Morgan fingerprint density at radius 1 is 1.28 bits per heavy atom. The van der Waals surface area contributed by atoms with Crippen molar-refractivity contribution in [3.63, 3.8) is 0 Å². The molecule has 0 fully saturated rings. The number of hydrogen-bond acceptors (Lipinski definition) is 8. The van der Waals surface area contributed by atoms with Gasteiger partial charge in [-0.1, -0.05) is 12.1 Å². The molecule has 2 rings (SSSR count). The van der Waals surface area contributed by atoms with E-state index in [1.165, 1.54) is 25.3 Å². The lowest BCUT2D eigenvalue weighted by molar-refractivity contribution is -0.384. The smallest absolute Gasteiger partial charge is 0.498 e. The van der Waals surface area contributed by atoms with E-state index in [2.05, 4.69) is 4.74 Å². The van der Waals surface area contributed by atoms with Crippen LogP contribution >= 0.6 is 0 Å². The maximum Gasteiger partial charge on any atom is 0.513 e. The van der Waals surface area contributed by atoms with Crippen molar-refractivity contribution in [2.45, 2.75) is 26.7 Å². The van der Waals surface area contributed by atoms with E-state index in [-0.39, 0.29) is 18.0 Å². The van der Waals surface area contributed by atoms with Crippen molar-refractivity contribution in [1.29, 1.82) is 0 Å². The summed E-state index contributed by atoms with van der Waals surface area (Å²) in [5.41, 5.74) is 1.25. The highest BCUT2D eigenvalue weighted by molar-refractivity contribution is 5.97. The molecule has 29 heavy (non-hydrogen) atoms. The lowest BCUT2D eigenvalue weighted by Gasteiger charge is -2.37. The lowest BCUT2D eigenvalue weighted by atomic mass is 9.84. The van der Waals surface area contributed by atoms with Crippen molar-refractivity contribution in [3.8, 4) is 0 Å². The number of allylic oxidation sites excluding steroid dienone is 3. The zero-order valence-electron chi connectivity index (χ0n) is 16.5. The van der Waals surface area contributed by atoms with Crippen LogP contribution < -0.4 is 0 Å². The largest absolute Gasteiger partial charge is 0.513 e. The number of esters is 1. The van der Waals surface area contributed by atoms with Crippen LogP contribution in [-0.4, -0.2) is 47.5 Å². The molecule has 0 saturated carbocycles. The van der Waals surface area contributed by atoms with Gasteiger partial charge in [-0.2, -0.15) is 0 Å². The minimum absolute atomic E-state index is 0.00458. The summed E-state index contributed by atoms with van der Waals surface area (Å²) in [6, 6.07) is 5.72. The zero-order chi connectivity index (χ0) is 21.7. The van der Waals surface area contributed by atoms with Crippen molar-refractivity contribution in [1.82, 2.24) is 4.90 Å². The van der Waals surface area contributed by atoms with Gasteiger partial charge in [0, 0.05) is 24.4 Å². The molecule has 10 heteroatoms. The molecule has 1 aromatic carbocycles. The first kappa shape index (κ1) is 21.9. The van der Waals surface area contributed by atoms with Gasteiger partial charge in [0.15, 0.2) is 0 Å². The molecule has 1 N–H and O–H groups in total. The quantitative estimate of drug-likeness (QED) is 0.313. The summed E-state index contributed by atoms with van der Waals surface area (Å²) in [4.78, 5) is 36.0. The molecule has 0 bridgehead atoms.